The summed E-state index contributed by atoms with van der Waals surface area (Å²) in [6.45, 7) is 6.22. The third-order valence-corrected chi connectivity index (χ3v) is 3.37. The van der Waals surface area contributed by atoms with Crippen LogP contribution in [-0.2, 0) is 9.59 Å². The Hall–Kier alpha value is -2.61. The van der Waals surface area contributed by atoms with Crippen molar-refractivity contribution >= 4 is 23.5 Å². The molecule has 4 amide bonds. The first-order valence-corrected chi connectivity index (χ1v) is 8.21. The fourth-order valence-corrected chi connectivity index (χ4v) is 2.12. The second kappa shape index (κ2) is 10.3. The van der Waals surface area contributed by atoms with E-state index in [4.69, 9.17) is 4.74 Å². The van der Waals surface area contributed by atoms with E-state index in [2.05, 4.69) is 16.0 Å². The number of anilines is 1. The van der Waals surface area contributed by atoms with Gasteiger partial charge in [0.2, 0.25) is 0 Å². The van der Waals surface area contributed by atoms with Crippen molar-refractivity contribution in [2.75, 3.05) is 32.1 Å². The Balaban J connectivity index is 2.46. The van der Waals surface area contributed by atoms with Crippen molar-refractivity contribution in [3.63, 3.8) is 0 Å². The van der Waals surface area contributed by atoms with Gasteiger partial charge >= 0.3 is 6.03 Å². The number of carbonyl (C=O) groups excluding carboxylic acids is 3. The molecule has 0 spiro atoms. The van der Waals surface area contributed by atoms with Crippen LogP contribution in [0.3, 0.4) is 0 Å². The third kappa shape index (κ3) is 8.16. The maximum Gasteiger partial charge on any atom is 0.321 e. The fourth-order valence-electron chi connectivity index (χ4n) is 2.12. The number of quaternary nitrogens is 1. The zero-order chi connectivity index (χ0) is 18.8. The summed E-state index contributed by atoms with van der Waals surface area (Å²) in [7, 11) is 1.57. The Bertz CT molecular complexity index is 587. The summed E-state index contributed by atoms with van der Waals surface area (Å²) in [5.74, 6) is 0.0730. The van der Waals surface area contributed by atoms with Crippen LogP contribution < -0.4 is 25.6 Å². The zero-order valence-corrected chi connectivity index (χ0v) is 15.1. The first-order valence-electron chi connectivity index (χ1n) is 8.21. The smallest absolute Gasteiger partial charge is 0.321 e. The van der Waals surface area contributed by atoms with E-state index in [-0.39, 0.29) is 25.0 Å². The molecule has 0 saturated carbocycles. The van der Waals surface area contributed by atoms with Gasteiger partial charge in [-0.05, 0) is 45.0 Å². The molecule has 1 unspecified atom stereocenters. The van der Waals surface area contributed by atoms with Gasteiger partial charge in [0.15, 0.2) is 13.1 Å². The monoisotopic (exact) mass is 351 g/mol. The first kappa shape index (κ1) is 20.4. The molecular formula is C17H27N4O4+. The van der Waals surface area contributed by atoms with Crippen LogP contribution in [0.5, 0.6) is 5.75 Å². The summed E-state index contributed by atoms with van der Waals surface area (Å²) in [4.78, 5) is 36.2. The maximum atomic E-state index is 12.1. The molecule has 0 aliphatic heterocycles. The normalized spacial score (nSPS) is 11.6. The number of carbonyl (C=O) groups is 3. The molecule has 0 heterocycles. The molecule has 8 heteroatoms. The molecule has 0 saturated heterocycles. The Morgan fingerprint density at radius 3 is 2.20 bits per heavy atom. The summed E-state index contributed by atoms with van der Waals surface area (Å²) in [5.41, 5.74) is 0.655. The van der Waals surface area contributed by atoms with Crippen LogP contribution in [0, 0.1) is 0 Å². The lowest BCUT2D eigenvalue weighted by Crippen LogP contribution is -3.14. The molecule has 1 aromatic carbocycles. The predicted molar refractivity (Wildman–Crippen MR) is 94.7 cm³/mol. The first-order chi connectivity index (χ1) is 11.8. The summed E-state index contributed by atoms with van der Waals surface area (Å²) in [5, 5.41) is 7.61. The predicted octanol–water partition coefficient (Wildman–Crippen LogP) is -0.227. The molecule has 138 valence electrons. The van der Waals surface area contributed by atoms with Crippen LogP contribution in [0.2, 0.25) is 0 Å². The number of rotatable bonds is 8. The SMILES string of the molecule is CC[NH+](CC(=O)NC(=O)NC(C)C)CC(=O)Nc1ccc(OC)cc1. The molecular weight excluding hydrogens is 324 g/mol. The number of methoxy groups -OCH3 is 1. The Morgan fingerprint density at radius 1 is 1.08 bits per heavy atom. The van der Waals surface area contributed by atoms with Crippen molar-refractivity contribution in [1.82, 2.24) is 10.6 Å². The van der Waals surface area contributed by atoms with Gasteiger partial charge in [0.1, 0.15) is 5.75 Å². The molecule has 4 N–H and O–H groups in total. The van der Waals surface area contributed by atoms with E-state index in [1.54, 1.807) is 45.2 Å². The lowest BCUT2D eigenvalue weighted by Gasteiger charge is -2.17. The highest BCUT2D eigenvalue weighted by molar-refractivity contribution is 5.95. The number of imide groups is 1. The zero-order valence-electron chi connectivity index (χ0n) is 15.1. The summed E-state index contributed by atoms with van der Waals surface area (Å²) in [6, 6.07) is 6.40. The number of urea groups is 1. The quantitative estimate of drug-likeness (QED) is 0.520. The molecule has 1 aromatic rings. The van der Waals surface area contributed by atoms with Gasteiger partial charge in [-0.1, -0.05) is 0 Å². The number of ether oxygens (including phenoxy) is 1. The van der Waals surface area contributed by atoms with Gasteiger partial charge < -0.3 is 20.3 Å². The summed E-state index contributed by atoms with van der Waals surface area (Å²) < 4.78 is 5.06. The van der Waals surface area contributed by atoms with Gasteiger partial charge in [0.05, 0.1) is 13.7 Å². The average Bonchev–Trinajstić information content (AvgIpc) is 2.53. The molecule has 1 atom stereocenters. The van der Waals surface area contributed by atoms with E-state index >= 15 is 0 Å². The third-order valence-electron chi connectivity index (χ3n) is 3.37. The molecule has 1 rings (SSSR count). The van der Waals surface area contributed by atoms with Crippen LogP contribution in [0.25, 0.3) is 0 Å². The lowest BCUT2D eigenvalue weighted by atomic mass is 10.3. The van der Waals surface area contributed by atoms with E-state index in [1.165, 1.54) is 0 Å². The van der Waals surface area contributed by atoms with Crippen molar-refractivity contribution in [2.45, 2.75) is 26.8 Å². The van der Waals surface area contributed by atoms with Crippen LogP contribution in [-0.4, -0.2) is 50.6 Å². The van der Waals surface area contributed by atoms with Crippen LogP contribution in [0.4, 0.5) is 10.5 Å². The minimum Gasteiger partial charge on any atom is -0.497 e. The van der Waals surface area contributed by atoms with E-state index < -0.39 is 11.9 Å². The van der Waals surface area contributed by atoms with Gasteiger partial charge in [-0.25, -0.2) is 4.79 Å². The van der Waals surface area contributed by atoms with Gasteiger partial charge in [-0.15, -0.1) is 0 Å². The van der Waals surface area contributed by atoms with E-state index in [0.29, 0.717) is 18.0 Å². The molecule has 8 nitrogen and oxygen atoms in total. The molecule has 0 radical (unpaired) electrons. The van der Waals surface area contributed by atoms with Gasteiger partial charge in [-0.2, -0.15) is 0 Å². The van der Waals surface area contributed by atoms with Crippen molar-refractivity contribution < 1.29 is 24.0 Å². The highest BCUT2D eigenvalue weighted by atomic mass is 16.5. The number of hydrogen-bond acceptors (Lipinski definition) is 4. The standard InChI is InChI=1S/C17H26N4O4/c1-5-21(11-16(23)20-17(24)18-12(2)3)10-15(22)19-13-6-8-14(25-4)9-7-13/h6-9,12H,5,10-11H2,1-4H3,(H,19,22)(H2,18,20,23,24)/p+1. The minimum absolute atomic E-state index is 0.0397. The topological polar surface area (TPSA) is 101 Å². The molecule has 0 fully saturated rings. The summed E-state index contributed by atoms with van der Waals surface area (Å²) in [6.07, 6.45) is 0. The van der Waals surface area contributed by atoms with Crippen molar-refractivity contribution in [3.8, 4) is 5.75 Å². The summed E-state index contributed by atoms with van der Waals surface area (Å²) >= 11 is 0. The van der Waals surface area contributed by atoms with Crippen LogP contribution >= 0.6 is 0 Å². The average molecular weight is 351 g/mol. The number of amides is 4. The second-order valence-corrected chi connectivity index (χ2v) is 5.91. The minimum atomic E-state index is -0.530. The van der Waals surface area contributed by atoms with Gasteiger partial charge in [-0.3, -0.25) is 14.9 Å². The molecule has 0 aliphatic rings. The number of nitrogens with one attached hydrogen (secondary N) is 4. The number of hydrogen-bond donors (Lipinski definition) is 4. The highest BCUT2D eigenvalue weighted by Crippen LogP contribution is 2.14. The Labute approximate surface area is 147 Å². The van der Waals surface area contributed by atoms with Crippen molar-refractivity contribution in [3.05, 3.63) is 24.3 Å². The Kier molecular flexibility index (Phi) is 8.42. The molecule has 0 bridgehead atoms. The second-order valence-electron chi connectivity index (χ2n) is 5.91. The van der Waals surface area contributed by atoms with Gasteiger partial charge in [0, 0.05) is 11.7 Å². The molecule has 0 aromatic heterocycles. The lowest BCUT2D eigenvalue weighted by molar-refractivity contribution is -0.881. The molecule has 0 aliphatic carbocycles. The van der Waals surface area contributed by atoms with Gasteiger partial charge in [0.25, 0.3) is 11.8 Å². The fraction of sp³-hybridized carbons (Fsp3) is 0.471. The van der Waals surface area contributed by atoms with E-state index in [0.717, 1.165) is 4.90 Å². The van der Waals surface area contributed by atoms with Crippen LogP contribution in [0.15, 0.2) is 24.3 Å². The highest BCUT2D eigenvalue weighted by Gasteiger charge is 2.18. The Morgan fingerprint density at radius 2 is 1.68 bits per heavy atom. The molecule has 25 heavy (non-hydrogen) atoms. The van der Waals surface area contributed by atoms with Crippen molar-refractivity contribution in [1.29, 1.82) is 0 Å². The van der Waals surface area contributed by atoms with Crippen molar-refractivity contribution in [2.24, 2.45) is 0 Å². The number of likely N-dealkylation sites (N-methyl/N-ethyl adjacent to an activating group) is 1. The largest absolute Gasteiger partial charge is 0.497 e. The number of benzene rings is 1. The van der Waals surface area contributed by atoms with E-state index in [1.807, 2.05) is 6.92 Å². The van der Waals surface area contributed by atoms with Crippen LogP contribution in [0.1, 0.15) is 20.8 Å². The maximum absolute atomic E-state index is 12.1. The van der Waals surface area contributed by atoms with E-state index in [9.17, 15) is 14.4 Å².